The molecule has 3 unspecified atom stereocenters. The van der Waals surface area contributed by atoms with E-state index in [1.165, 1.54) is 12.1 Å². The molecule has 3 fully saturated rings. The predicted molar refractivity (Wildman–Crippen MR) is 214 cm³/mol. The molecule has 0 aliphatic carbocycles. The van der Waals surface area contributed by atoms with Gasteiger partial charge in [-0.1, -0.05) is 60.7 Å². The van der Waals surface area contributed by atoms with Gasteiger partial charge in [0.15, 0.2) is 0 Å². The summed E-state index contributed by atoms with van der Waals surface area (Å²) in [7, 11) is 0. The first-order valence-corrected chi connectivity index (χ1v) is 19.4. The molecule has 4 heterocycles. The highest BCUT2D eigenvalue weighted by Crippen LogP contribution is 2.31. The Balaban J connectivity index is 0.866. The van der Waals surface area contributed by atoms with E-state index < -0.39 is 18.2 Å². The van der Waals surface area contributed by atoms with Crippen LogP contribution in [0.15, 0.2) is 108 Å². The molecule has 2 amide bonds. The highest BCUT2D eigenvalue weighted by Gasteiger charge is 2.37. The van der Waals surface area contributed by atoms with Crippen LogP contribution in [-0.4, -0.2) is 77.5 Å². The molecular weight excluding hydrogens is 711 g/mol. The average molecular weight is 760 g/mol. The van der Waals surface area contributed by atoms with Crippen LogP contribution in [0.4, 0.5) is 4.79 Å². The van der Waals surface area contributed by atoms with E-state index in [1.54, 1.807) is 18.2 Å². The van der Waals surface area contributed by atoms with Gasteiger partial charge in [-0.15, -0.1) is 0 Å². The molecule has 0 radical (unpaired) electrons. The van der Waals surface area contributed by atoms with Crippen molar-refractivity contribution in [3.05, 3.63) is 141 Å². The van der Waals surface area contributed by atoms with E-state index in [0.29, 0.717) is 53.3 Å². The molecule has 292 valence electrons. The SMILES string of the molecule is O=C(NC(c1ccccc1)c1cccc(OCc2cccc(C(=O)NCCCCNCC(O)c3ccc(O)c4[nH]c(=O)ccc34)c2)c1)OC1CN2CCC1CC2. The summed E-state index contributed by atoms with van der Waals surface area (Å²) in [5.74, 6) is 0.837. The topological polar surface area (TPSA) is 165 Å². The number of hydrogen-bond donors (Lipinski definition) is 6. The van der Waals surface area contributed by atoms with Gasteiger partial charge in [0.05, 0.1) is 17.7 Å². The number of aromatic amines is 1. The number of H-pyrrole nitrogens is 1. The third-order valence-corrected chi connectivity index (χ3v) is 10.7. The van der Waals surface area contributed by atoms with Gasteiger partial charge in [0, 0.05) is 36.7 Å². The summed E-state index contributed by atoms with van der Waals surface area (Å²) in [5.41, 5.74) is 3.77. The van der Waals surface area contributed by atoms with E-state index in [4.69, 9.17) is 9.47 Å². The monoisotopic (exact) mass is 759 g/mol. The first-order chi connectivity index (χ1) is 27.3. The van der Waals surface area contributed by atoms with Crippen LogP contribution >= 0.6 is 0 Å². The standard InChI is InChI=1S/C44H49N5O7/c50-37-16-14-35(36-15-17-40(52)47-42(36)37)38(51)26-45-20-4-5-21-46-43(53)33-12-6-8-29(24-33)28-55-34-13-7-11-32(25-34)41(31-9-2-1-3-10-31)48-44(54)56-39-27-49-22-18-30(39)19-23-49/h1-3,6-17,24-25,30,38-39,41,45,50-51H,4-5,18-23,26-28H2,(H,46,53)(H,47,52)(H,48,54). The van der Waals surface area contributed by atoms with Gasteiger partial charge in [-0.3, -0.25) is 14.5 Å². The molecule has 5 aromatic rings. The molecule has 6 N–H and O–H groups in total. The Morgan fingerprint density at radius 2 is 1.66 bits per heavy atom. The molecule has 3 aliphatic heterocycles. The van der Waals surface area contributed by atoms with Gasteiger partial charge in [-0.2, -0.15) is 0 Å². The number of aromatic nitrogens is 1. The lowest BCUT2D eigenvalue weighted by Crippen LogP contribution is -2.52. The fourth-order valence-electron chi connectivity index (χ4n) is 7.67. The van der Waals surface area contributed by atoms with Gasteiger partial charge < -0.3 is 40.6 Å². The molecule has 56 heavy (non-hydrogen) atoms. The van der Waals surface area contributed by atoms with Crippen LogP contribution in [0, 0.1) is 5.92 Å². The van der Waals surface area contributed by atoms with E-state index >= 15 is 0 Å². The van der Waals surface area contributed by atoms with Gasteiger partial charge in [0.25, 0.3) is 5.91 Å². The fourth-order valence-corrected chi connectivity index (χ4v) is 7.67. The number of ether oxygens (including phenoxy) is 2. The van der Waals surface area contributed by atoms with Crippen molar-refractivity contribution < 1.29 is 29.3 Å². The lowest BCUT2D eigenvalue weighted by molar-refractivity contribution is -0.0336. The quantitative estimate of drug-likeness (QED) is 0.0708. The summed E-state index contributed by atoms with van der Waals surface area (Å²) >= 11 is 0. The Morgan fingerprint density at radius 3 is 2.46 bits per heavy atom. The summed E-state index contributed by atoms with van der Waals surface area (Å²) < 4.78 is 12.2. The van der Waals surface area contributed by atoms with Crippen LogP contribution < -0.4 is 26.2 Å². The summed E-state index contributed by atoms with van der Waals surface area (Å²) in [5, 5.41) is 30.8. The molecule has 3 saturated heterocycles. The Morgan fingerprint density at radius 1 is 0.875 bits per heavy atom. The number of rotatable bonds is 16. The second kappa shape index (κ2) is 18.3. The number of nitrogens with zero attached hydrogens (tertiary/aromatic N) is 1. The van der Waals surface area contributed by atoms with E-state index in [1.807, 2.05) is 72.8 Å². The molecule has 2 bridgehead atoms. The van der Waals surface area contributed by atoms with E-state index in [-0.39, 0.29) is 29.9 Å². The Bertz CT molecular complexity index is 2170. The predicted octanol–water partition coefficient (Wildman–Crippen LogP) is 5.56. The maximum atomic E-state index is 13.2. The molecule has 4 aromatic carbocycles. The van der Waals surface area contributed by atoms with Crippen molar-refractivity contribution >= 4 is 22.9 Å². The van der Waals surface area contributed by atoms with Crippen molar-refractivity contribution in [3.8, 4) is 11.5 Å². The number of unbranched alkanes of at least 4 members (excludes halogenated alkanes) is 1. The van der Waals surface area contributed by atoms with Gasteiger partial charge >= 0.3 is 6.09 Å². The first-order valence-electron chi connectivity index (χ1n) is 19.4. The number of phenolic OH excluding ortho intramolecular Hbond substituents is 1. The van der Waals surface area contributed by atoms with Gasteiger partial charge in [-0.05, 0) is 110 Å². The van der Waals surface area contributed by atoms with E-state index in [0.717, 1.165) is 62.0 Å². The van der Waals surface area contributed by atoms with Crippen molar-refractivity contribution in [3.63, 3.8) is 0 Å². The van der Waals surface area contributed by atoms with E-state index in [2.05, 4.69) is 25.8 Å². The van der Waals surface area contributed by atoms with Crippen molar-refractivity contribution in [1.82, 2.24) is 25.8 Å². The first kappa shape index (κ1) is 38.6. The number of aromatic hydroxyl groups is 1. The second-order valence-electron chi connectivity index (χ2n) is 14.6. The van der Waals surface area contributed by atoms with Crippen molar-refractivity contribution in [2.45, 2.75) is 50.5 Å². The highest BCUT2D eigenvalue weighted by molar-refractivity contribution is 5.94. The summed E-state index contributed by atoms with van der Waals surface area (Å²) in [6, 6.07) is 30.5. The second-order valence-corrected chi connectivity index (χ2v) is 14.6. The van der Waals surface area contributed by atoms with Crippen LogP contribution in [0.2, 0.25) is 0 Å². The minimum Gasteiger partial charge on any atom is -0.506 e. The van der Waals surface area contributed by atoms with Crippen molar-refractivity contribution in [1.29, 1.82) is 0 Å². The van der Waals surface area contributed by atoms with Crippen LogP contribution in [0.25, 0.3) is 10.9 Å². The number of pyridine rings is 1. The minimum absolute atomic E-state index is 0.0489. The van der Waals surface area contributed by atoms with Crippen LogP contribution in [0.1, 0.15) is 70.4 Å². The zero-order valence-corrected chi connectivity index (χ0v) is 31.3. The number of aliphatic hydroxyl groups is 1. The largest absolute Gasteiger partial charge is 0.506 e. The molecule has 8 rings (SSSR count). The van der Waals surface area contributed by atoms with Gasteiger partial charge in [-0.25, -0.2) is 4.79 Å². The molecule has 0 spiro atoms. The third kappa shape index (κ3) is 9.75. The fraction of sp³-hybridized carbons (Fsp3) is 0.341. The molecule has 12 heteroatoms. The van der Waals surface area contributed by atoms with Crippen LogP contribution in [-0.2, 0) is 11.3 Å². The molecule has 0 saturated carbocycles. The summed E-state index contributed by atoms with van der Waals surface area (Å²) in [6.07, 6.45) is 2.31. The van der Waals surface area contributed by atoms with Crippen LogP contribution in [0.5, 0.6) is 11.5 Å². The number of aliphatic hydroxyl groups excluding tert-OH is 1. The third-order valence-electron chi connectivity index (χ3n) is 10.7. The number of amides is 2. The lowest BCUT2D eigenvalue weighted by atomic mass is 9.86. The minimum atomic E-state index is -0.831. The number of alkyl carbamates (subject to hydrolysis) is 1. The molecule has 3 atom stereocenters. The average Bonchev–Trinajstić information content (AvgIpc) is 3.23. The zero-order chi connectivity index (χ0) is 38.9. The number of carbonyl (C=O) groups excluding carboxylic acids is 2. The van der Waals surface area contributed by atoms with Gasteiger partial charge in [0.2, 0.25) is 5.56 Å². The Hall–Kier alpha value is -5.69. The number of hydrogen-bond acceptors (Lipinski definition) is 9. The molecule has 1 aromatic heterocycles. The number of benzene rings is 4. The van der Waals surface area contributed by atoms with Crippen LogP contribution in [0.3, 0.4) is 0 Å². The zero-order valence-electron chi connectivity index (χ0n) is 31.3. The normalized spacial score (nSPS) is 18.6. The maximum absolute atomic E-state index is 13.2. The maximum Gasteiger partial charge on any atom is 0.408 e. The number of phenols is 1. The summed E-state index contributed by atoms with van der Waals surface area (Å²) in [6.45, 7) is 4.63. The van der Waals surface area contributed by atoms with E-state index in [9.17, 15) is 24.6 Å². The van der Waals surface area contributed by atoms with Crippen molar-refractivity contribution in [2.24, 2.45) is 5.92 Å². The molecular formula is C44H49N5O7. The smallest absolute Gasteiger partial charge is 0.408 e. The lowest BCUT2D eigenvalue weighted by Gasteiger charge is -2.43. The number of nitrogens with one attached hydrogen (secondary N) is 4. The molecule has 3 aliphatic rings. The van der Waals surface area contributed by atoms with Crippen molar-refractivity contribution in [2.75, 3.05) is 39.3 Å². The molecule has 12 nitrogen and oxygen atoms in total. The number of piperidine rings is 3. The Kier molecular flexibility index (Phi) is 12.6. The summed E-state index contributed by atoms with van der Waals surface area (Å²) in [4.78, 5) is 42.9. The highest BCUT2D eigenvalue weighted by atomic mass is 16.6. The van der Waals surface area contributed by atoms with Gasteiger partial charge in [0.1, 0.15) is 24.2 Å². The number of fused-ring (bicyclic) bond motifs is 4. The Labute approximate surface area is 325 Å². The number of carbonyl (C=O) groups is 2.